The fraction of sp³-hybridized carbons (Fsp3) is 0.500. The molecule has 8 N–H and O–H groups in total. The lowest BCUT2D eigenvalue weighted by Crippen LogP contribution is -2.60. The second-order valence-corrected chi connectivity index (χ2v) is 10.7. The molecule has 46 heavy (non-hydrogen) atoms. The molecule has 2 aliphatic heterocycles. The first-order valence-electron chi connectivity index (χ1n) is 13.8. The Hall–Kier alpha value is -3.82. The second-order valence-electron chi connectivity index (χ2n) is 10.7. The molecule has 4 aromatic rings. The van der Waals surface area contributed by atoms with Gasteiger partial charge in [-0.25, -0.2) is 9.59 Å². The maximum absolute atomic E-state index is 13.4. The minimum Gasteiger partial charge on any atom is -0.490 e. The highest BCUT2D eigenvalue weighted by molar-refractivity contribution is 6.22. The van der Waals surface area contributed by atoms with Crippen LogP contribution in [0, 0.1) is 0 Å². The van der Waals surface area contributed by atoms with Gasteiger partial charge in [-0.2, -0.15) is 0 Å². The van der Waals surface area contributed by atoms with Crippen LogP contribution in [0.4, 0.5) is 0 Å². The van der Waals surface area contributed by atoms with Crippen LogP contribution in [0.3, 0.4) is 0 Å². The molecule has 2 aromatic carbocycles. The van der Waals surface area contributed by atoms with Gasteiger partial charge >= 0.3 is 11.3 Å². The number of methoxy groups -OCH3 is 2. The first-order valence-corrected chi connectivity index (χ1v) is 13.8. The fourth-order valence-electron chi connectivity index (χ4n) is 5.68. The van der Waals surface area contributed by atoms with Gasteiger partial charge in [0.2, 0.25) is 24.1 Å². The van der Waals surface area contributed by atoms with E-state index in [2.05, 4.69) is 0 Å². The van der Waals surface area contributed by atoms with Crippen LogP contribution in [0.15, 0.2) is 30.6 Å². The smallest absolute Gasteiger partial charge is 0.344 e. The van der Waals surface area contributed by atoms with E-state index in [4.69, 9.17) is 37.3 Å². The van der Waals surface area contributed by atoms with E-state index < -0.39 is 85.9 Å². The summed E-state index contributed by atoms with van der Waals surface area (Å²) in [6, 6.07) is 2.30. The number of rotatable bonds is 8. The zero-order valence-corrected chi connectivity index (χ0v) is 24.0. The fourth-order valence-corrected chi connectivity index (χ4v) is 5.68. The highest BCUT2D eigenvalue weighted by Crippen LogP contribution is 2.47. The summed E-state index contributed by atoms with van der Waals surface area (Å²) in [5.74, 6) is -1.08. The zero-order valence-electron chi connectivity index (χ0n) is 24.0. The standard InChI is InChI=1S/C28H30O18/c1-39-21-9(41-27-19(35)17(33)15(31)11(5-29)43-27)3-7-13-14-8(25(37)45-23(13)21)4-10(22(40-2)24(14)46-26(7)38)42-28-20(36)18(34)16(32)12(6-30)44-28/h3-4,11-12,15-20,27-36H,5-6H2,1-2H3. The van der Waals surface area contributed by atoms with Crippen molar-refractivity contribution in [2.75, 3.05) is 27.4 Å². The van der Waals surface area contributed by atoms with Gasteiger partial charge in [-0.3, -0.25) is 0 Å². The van der Waals surface area contributed by atoms with Crippen molar-refractivity contribution >= 4 is 32.7 Å². The molecule has 0 radical (unpaired) electrons. The molecule has 10 atom stereocenters. The Kier molecular flexibility index (Phi) is 8.44. The highest BCUT2D eigenvalue weighted by Gasteiger charge is 2.46. The van der Waals surface area contributed by atoms with E-state index in [1.165, 1.54) is 14.2 Å². The van der Waals surface area contributed by atoms with Crippen molar-refractivity contribution in [1.29, 1.82) is 0 Å². The number of aliphatic hydroxyl groups excluding tert-OH is 8. The number of aliphatic hydroxyl groups is 8. The number of hydrogen-bond acceptors (Lipinski definition) is 18. The van der Waals surface area contributed by atoms with Gasteiger partial charge < -0.3 is 78.1 Å². The largest absolute Gasteiger partial charge is 0.490 e. The van der Waals surface area contributed by atoms with Crippen molar-refractivity contribution in [2.45, 2.75) is 61.4 Å². The maximum atomic E-state index is 13.4. The quantitative estimate of drug-likeness (QED) is 0.0688. The van der Waals surface area contributed by atoms with Crippen LogP contribution in [-0.2, 0) is 9.47 Å². The summed E-state index contributed by atoms with van der Waals surface area (Å²) in [6.45, 7) is -1.46. The average Bonchev–Trinajstić information content (AvgIpc) is 3.04. The molecule has 18 heteroatoms. The Labute approximate surface area is 256 Å². The molecule has 0 spiro atoms. The van der Waals surface area contributed by atoms with Crippen LogP contribution in [0.2, 0.25) is 0 Å². The van der Waals surface area contributed by atoms with E-state index >= 15 is 0 Å². The van der Waals surface area contributed by atoms with E-state index in [1.807, 2.05) is 0 Å². The SMILES string of the molecule is COc1c(OC2OC(CO)C(O)C(O)C2O)cc2c(=O)oc3c(OC)c(OC4OC(CO)C(O)C(O)C4O)cc4c(=O)oc1c2c34. The molecule has 4 heterocycles. The van der Waals surface area contributed by atoms with E-state index in [9.17, 15) is 50.4 Å². The predicted octanol–water partition coefficient (Wildman–Crippen LogP) is -3.13. The molecular formula is C28H30O18. The molecule has 2 aromatic heterocycles. The number of benzene rings is 2. The van der Waals surface area contributed by atoms with E-state index in [0.717, 1.165) is 12.1 Å². The lowest BCUT2D eigenvalue weighted by Gasteiger charge is -2.39. The predicted molar refractivity (Wildman–Crippen MR) is 149 cm³/mol. The normalized spacial score (nSPS) is 31.9. The highest BCUT2D eigenvalue weighted by atomic mass is 16.7. The molecule has 2 aliphatic rings. The lowest BCUT2D eigenvalue weighted by molar-refractivity contribution is -0.277. The van der Waals surface area contributed by atoms with Crippen LogP contribution >= 0.6 is 0 Å². The van der Waals surface area contributed by atoms with Crippen LogP contribution in [0.25, 0.3) is 32.7 Å². The topological polar surface area (TPSA) is 278 Å². The number of ether oxygens (including phenoxy) is 6. The van der Waals surface area contributed by atoms with E-state index in [-0.39, 0.29) is 55.7 Å². The zero-order chi connectivity index (χ0) is 33.2. The van der Waals surface area contributed by atoms with Crippen molar-refractivity contribution in [3.8, 4) is 23.0 Å². The Morgan fingerprint density at radius 1 is 0.609 bits per heavy atom. The van der Waals surface area contributed by atoms with Gasteiger partial charge in [-0.05, 0) is 12.1 Å². The van der Waals surface area contributed by atoms with Crippen LogP contribution in [-0.4, -0.2) is 130 Å². The summed E-state index contributed by atoms with van der Waals surface area (Å²) < 4.78 is 44.3. The van der Waals surface area contributed by atoms with Crippen LogP contribution < -0.4 is 30.2 Å². The van der Waals surface area contributed by atoms with Gasteiger partial charge in [0, 0.05) is 10.8 Å². The molecule has 2 fully saturated rings. The Balaban J connectivity index is 1.50. The van der Waals surface area contributed by atoms with Crippen molar-refractivity contribution in [1.82, 2.24) is 0 Å². The molecule has 0 saturated carbocycles. The summed E-state index contributed by atoms with van der Waals surface area (Å²) >= 11 is 0. The summed E-state index contributed by atoms with van der Waals surface area (Å²) in [6.07, 6.45) is -16.5. The molecule has 0 bridgehead atoms. The molecule has 10 unspecified atom stereocenters. The molecule has 0 amide bonds. The van der Waals surface area contributed by atoms with Crippen LogP contribution in [0.1, 0.15) is 0 Å². The molecule has 0 aliphatic carbocycles. The Bertz CT molecular complexity index is 1710. The molecule has 2 saturated heterocycles. The van der Waals surface area contributed by atoms with Crippen molar-refractivity contribution in [3.63, 3.8) is 0 Å². The van der Waals surface area contributed by atoms with Crippen molar-refractivity contribution in [3.05, 3.63) is 33.0 Å². The summed E-state index contributed by atoms with van der Waals surface area (Å²) in [4.78, 5) is 26.8. The maximum Gasteiger partial charge on any atom is 0.344 e. The molecular weight excluding hydrogens is 624 g/mol. The summed E-state index contributed by atoms with van der Waals surface area (Å²) in [5, 5.41) is 80.2. The van der Waals surface area contributed by atoms with Crippen molar-refractivity contribution < 1.29 is 78.1 Å². The van der Waals surface area contributed by atoms with Crippen LogP contribution in [0.5, 0.6) is 23.0 Å². The van der Waals surface area contributed by atoms with Gasteiger partial charge in [0.25, 0.3) is 0 Å². The van der Waals surface area contributed by atoms with Gasteiger partial charge in [0.1, 0.15) is 48.8 Å². The summed E-state index contributed by atoms with van der Waals surface area (Å²) in [7, 11) is 2.39. The second kappa shape index (κ2) is 12.1. The summed E-state index contributed by atoms with van der Waals surface area (Å²) in [5.41, 5.74) is -2.59. The molecule has 250 valence electrons. The van der Waals surface area contributed by atoms with E-state index in [0.29, 0.717) is 0 Å². The van der Waals surface area contributed by atoms with Gasteiger partial charge in [0.05, 0.1) is 38.2 Å². The van der Waals surface area contributed by atoms with Crippen molar-refractivity contribution in [2.24, 2.45) is 0 Å². The number of hydrogen-bond donors (Lipinski definition) is 8. The van der Waals surface area contributed by atoms with Gasteiger partial charge in [-0.1, -0.05) is 0 Å². The first kappa shape index (κ1) is 32.1. The Morgan fingerprint density at radius 3 is 1.30 bits per heavy atom. The molecule has 18 nitrogen and oxygen atoms in total. The minimum absolute atomic E-state index is 0.0246. The minimum atomic E-state index is -1.82. The third-order valence-corrected chi connectivity index (χ3v) is 8.07. The lowest BCUT2D eigenvalue weighted by atomic mass is 9.99. The van der Waals surface area contributed by atoms with E-state index in [1.54, 1.807) is 0 Å². The first-order chi connectivity index (χ1) is 21.9. The average molecular weight is 655 g/mol. The van der Waals surface area contributed by atoms with Gasteiger partial charge in [0.15, 0.2) is 22.7 Å². The third-order valence-electron chi connectivity index (χ3n) is 8.07. The Morgan fingerprint density at radius 2 is 0.978 bits per heavy atom. The molecule has 6 rings (SSSR count). The van der Waals surface area contributed by atoms with Gasteiger partial charge in [-0.15, -0.1) is 0 Å². The monoisotopic (exact) mass is 654 g/mol. The third kappa shape index (κ3) is 4.90.